The number of nitrogens with zero attached hydrogens (tertiary/aromatic N) is 1. The number of ether oxygens (including phenoxy) is 1. The fourth-order valence-electron chi connectivity index (χ4n) is 2.48. The number of para-hydroxylation sites is 2. The molecule has 2 rings (SSSR count). The van der Waals surface area contributed by atoms with Crippen LogP contribution < -0.4 is 15.4 Å². The monoisotopic (exact) mass is 292 g/mol. The van der Waals surface area contributed by atoms with E-state index in [2.05, 4.69) is 0 Å². The van der Waals surface area contributed by atoms with Gasteiger partial charge in [0.15, 0.2) is 0 Å². The van der Waals surface area contributed by atoms with Crippen molar-refractivity contribution in [2.24, 2.45) is 11.7 Å². The first kappa shape index (κ1) is 15.3. The lowest BCUT2D eigenvalue weighted by Crippen LogP contribution is -2.49. The highest BCUT2D eigenvalue weighted by molar-refractivity contribution is 5.98. The zero-order chi connectivity index (χ0) is 15.4. The maximum atomic E-state index is 12.6. The Morgan fingerprint density at radius 3 is 2.81 bits per heavy atom. The molecule has 2 atom stereocenters. The second-order valence-electron chi connectivity index (χ2n) is 5.08. The molecule has 6 nitrogen and oxygen atoms in total. The number of carbonyl (C=O) groups is 2. The van der Waals surface area contributed by atoms with Crippen LogP contribution in [0.25, 0.3) is 0 Å². The van der Waals surface area contributed by atoms with E-state index in [1.165, 1.54) is 4.90 Å². The molecule has 1 heterocycles. The summed E-state index contributed by atoms with van der Waals surface area (Å²) in [4.78, 5) is 25.3. The molecule has 1 aromatic rings. The SMILES string of the molecule is CCCC(CN)C(=O)N1CC(C(=O)O)Oc2ccccc21. The van der Waals surface area contributed by atoms with E-state index in [1.54, 1.807) is 24.3 Å². The van der Waals surface area contributed by atoms with Gasteiger partial charge in [-0.25, -0.2) is 4.79 Å². The lowest BCUT2D eigenvalue weighted by molar-refractivity contribution is -0.145. The first-order chi connectivity index (χ1) is 10.1. The minimum atomic E-state index is -1.08. The van der Waals surface area contributed by atoms with Gasteiger partial charge < -0.3 is 20.5 Å². The molecule has 1 amide bonds. The van der Waals surface area contributed by atoms with Gasteiger partial charge in [0.25, 0.3) is 0 Å². The average molecular weight is 292 g/mol. The number of benzene rings is 1. The summed E-state index contributed by atoms with van der Waals surface area (Å²) < 4.78 is 5.42. The van der Waals surface area contributed by atoms with Crippen LogP contribution in [-0.4, -0.2) is 36.2 Å². The maximum Gasteiger partial charge on any atom is 0.346 e. The molecule has 0 aliphatic carbocycles. The van der Waals surface area contributed by atoms with Crippen LogP contribution in [0, 0.1) is 5.92 Å². The fourth-order valence-corrected chi connectivity index (χ4v) is 2.48. The highest BCUT2D eigenvalue weighted by atomic mass is 16.5. The number of hydrogen-bond acceptors (Lipinski definition) is 4. The Bertz CT molecular complexity index is 532. The first-order valence-corrected chi connectivity index (χ1v) is 7.08. The van der Waals surface area contributed by atoms with Gasteiger partial charge in [-0.3, -0.25) is 4.79 Å². The van der Waals surface area contributed by atoms with Crippen molar-refractivity contribution in [1.29, 1.82) is 0 Å². The predicted octanol–water partition coefficient (Wildman–Crippen LogP) is 1.24. The van der Waals surface area contributed by atoms with Crippen molar-refractivity contribution < 1.29 is 19.4 Å². The van der Waals surface area contributed by atoms with E-state index in [9.17, 15) is 14.7 Å². The summed E-state index contributed by atoms with van der Waals surface area (Å²) in [6.07, 6.45) is 0.484. The van der Waals surface area contributed by atoms with Gasteiger partial charge in [-0.05, 0) is 18.6 Å². The molecule has 0 spiro atoms. The number of rotatable bonds is 5. The van der Waals surface area contributed by atoms with Gasteiger partial charge in [0, 0.05) is 6.54 Å². The molecule has 6 heteroatoms. The molecule has 21 heavy (non-hydrogen) atoms. The molecule has 114 valence electrons. The summed E-state index contributed by atoms with van der Waals surface area (Å²) in [5.41, 5.74) is 6.29. The lowest BCUT2D eigenvalue weighted by atomic mass is 10.0. The van der Waals surface area contributed by atoms with Crippen LogP contribution in [0.4, 0.5) is 5.69 Å². The van der Waals surface area contributed by atoms with Crippen LogP contribution in [0.5, 0.6) is 5.75 Å². The largest absolute Gasteiger partial charge is 0.478 e. The van der Waals surface area contributed by atoms with E-state index in [-0.39, 0.29) is 24.9 Å². The van der Waals surface area contributed by atoms with Gasteiger partial charge in [0.05, 0.1) is 18.2 Å². The molecule has 0 radical (unpaired) electrons. The average Bonchev–Trinajstić information content (AvgIpc) is 2.50. The van der Waals surface area contributed by atoms with Crippen LogP contribution in [0.1, 0.15) is 19.8 Å². The third kappa shape index (κ3) is 3.16. The third-order valence-corrected chi connectivity index (χ3v) is 3.59. The van der Waals surface area contributed by atoms with Gasteiger partial charge in [-0.1, -0.05) is 25.5 Å². The summed E-state index contributed by atoms with van der Waals surface area (Å²) >= 11 is 0. The minimum Gasteiger partial charge on any atom is -0.478 e. The Kier molecular flexibility index (Phi) is 4.80. The normalized spacial score (nSPS) is 18.6. The van der Waals surface area contributed by atoms with E-state index in [4.69, 9.17) is 10.5 Å². The summed E-state index contributed by atoms with van der Waals surface area (Å²) in [6, 6.07) is 6.96. The highest BCUT2D eigenvalue weighted by Crippen LogP contribution is 2.34. The van der Waals surface area contributed by atoms with Crippen LogP contribution in [0.15, 0.2) is 24.3 Å². The minimum absolute atomic E-state index is 0.00535. The zero-order valence-corrected chi connectivity index (χ0v) is 12.0. The Balaban J connectivity index is 2.32. The molecule has 1 aliphatic rings. The van der Waals surface area contributed by atoms with Crippen LogP contribution in [-0.2, 0) is 9.59 Å². The smallest absolute Gasteiger partial charge is 0.346 e. The molecular weight excluding hydrogens is 272 g/mol. The Morgan fingerprint density at radius 1 is 1.48 bits per heavy atom. The van der Waals surface area contributed by atoms with Crippen molar-refractivity contribution in [2.45, 2.75) is 25.9 Å². The molecule has 1 aromatic carbocycles. The summed E-state index contributed by atoms with van der Waals surface area (Å²) in [7, 11) is 0. The number of hydrogen-bond donors (Lipinski definition) is 2. The zero-order valence-electron chi connectivity index (χ0n) is 12.0. The number of aliphatic carboxylic acids is 1. The third-order valence-electron chi connectivity index (χ3n) is 3.59. The van der Waals surface area contributed by atoms with E-state index in [0.29, 0.717) is 17.9 Å². The van der Waals surface area contributed by atoms with Crippen LogP contribution in [0.3, 0.4) is 0 Å². The lowest BCUT2D eigenvalue weighted by Gasteiger charge is -2.34. The second kappa shape index (κ2) is 6.58. The molecule has 0 aromatic heterocycles. The maximum absolute atomic E-state index is 12.6. The number of carbonyl (C=O) groups excluding carboxylic acids is 1. The Labute approximate surface area is 123 Å². The van der Waals surface area contributed by atoms with Crippen molar-refractivity contribution in [3.05, 3.63) is 24.3 Å². The molecule has 0 saturated carbocycles. The number of carboxylic acids is 1. The summed E-state index contributed by atoms with van der Waals surface area (Å²) in [5, 5.41) is 9.17. The highest BCUT2D eigenvalue weighted by Gasteiger charge is 2.35. The van der Waals surface area contributed by atoms with E-state index < -0.39 is 12.1 Å². The quantitative estimate of drug-likeness (QED) is 0.851. The van der Waals surface area contributed by atoms with Crippen molar-refractivity contribution in [3.8, 4) is 5.75 Å². The summed E-state index contributed by atoms with van der Waals surface area (Å²) in [6.45, 7) is 2.25. The standard InChI is InChI=1S/C15H20N2O4/c1-2-5-10(8-16)14(18)17-9-13(15(19)20)21-12-7-4-3-6-11(12)17/h3-4,6-7,10,13H,2,5,8-9,16H2,1H3,(H,19,20). The number of carboxylic acid groups (broad SMARTS) is 1. The molecule has 2 unspecified atom stereocenters. The number of anilines is 1. The second-order valence-corrected chi connectivity index (χ2v) is 5.08. The molecule has 3 N–H and O–H groups in total. The van der Waals surface area contributed by atoms with E-state index in [1.807, 2.05) is 6.92 Å². The summed E-state index contributed by atoms with van der Waals surface area (Å²) in [5.74, 6) is -1.10. The Hall–Kier alpha value is -2.08. The molecule has 0 fully saturated rings. The molecule has 0 bridgehead atoms. The molecular formula is C15H20N2O4. The van der Waals surface area contributed by atoms with Gasteiger partial charge in [-0.2, -0.15) is 0 Å². The van der Waals surface area contributed by atoms with Crippen LogP contribution >= 0.6 is 0 Å². The van der Waals surface area contributed by atoms with E-state index >= 15 is 0 Å². The Morgan fingerprint density at radius 2 is 2.19 bits per heavy atom. The molecule has 1 aliphatic heterocycles. The van der Waals surface area contributed by atoms with Crippen molar-refractivity contribution in [2.75, 3.05) is 18.0 Å². The van der Waals surface area contributed by atoms with Crippen molar-refractivity contribution in [1.82, 2.24) is 0 Å². The van der Waals surface area contributed by atoms with Crippen LogP contribution in [0.2, 0.25) is 0 Å². The van der Waals surface area contributed by atoms with Gasteiger partial charge >= 0.3 is 5.97 Å². The van der Waals surface area contributed by atoms with E-state index in [0.717, 1.165) is 6.42 Å². The van der Waals surface area contributed by atoms with Gasteiger partial charge in [0.2, 0.25) is 12.0 Å². The first-order valence-electron chi connectivity index (χ1n) is 7.08. The number of nitrogens with two attached hydrogens (primary N) is 1. The molecule has 0 saturated heterocycles. The number of fused-ring (bicyclic) bond motifs is 1. The topological polar surface area (TPSA) is 92.9 Å². The van der Waals surface area contributed by atoms with Crippen molar-refractivity contribution >= 4 is 17.6 Å². The van der Waals surface area contributed by atoms with Crippen molar-refractivity contribution in [3.63, 3.8) is 0 Å². The predicted molar refractivity (Wildman–Crippen MR) is 78.3 cm³/mol. The number of amides is 1. The van der Waals surface area contributed by atoms with Gasteiger partial charge in [-0.15, -0.1) is 0 Å². The fraction of sp³-hybridized carbons (Fsp3) is 0.467. The van der Waals surface area contributed by atoms with Gasteiger partial charge in [0.1, 0.15) is 5.75 Å².